The number of hydrazine groups is 1. The zero-order valence-electron chi connectivity index (χ0n) is 24.6. The van der Waals surface area contributed by atoms with E-state index in [1.165, 1.54) is 7.05 Å². The summed E-state index contributed by atoms with van der Waals surface area (Å²) in [6.45, 7) is 0. The van der Waals surface area contributed by atoms with Crippen LogP contribution in [0.15, 0.2) is 60.2 Å². The normalized spacial score (nSPS) is 30.0. The summed E-state index contributed by atoms with van der Waals surface area (Å²) in [5, 5.41) is 14.1. The van der Waals surface area contributed by atoms with Gasteiger partial charge in [-0.2, -0.15) is 18.2 Å². The first kappa shape index (κ1) is 33.1. The Morgan fingerprint density at radius 2 is 1.73 bits per heavy atom. The van der Waals surface area contributed by atoms with Gasteiger partial charge >= 0.3 is 6.18 Å². The fraction of sp³-hybridized carbons (Fsp3) is 0.344. The molecular formula is C32H23BrCl3F3N4O5. The number of pyridine rings is 1. The van der Waals surface area contributed by atoms with Gasteiger partial charge in [0.2, 0.25) is 0 Å². The Kier molecular flexibility index (Phi) is 7.63. The number of halogens is 7. The Balaban J connectivity index is 1.37. The molecule has 6 atom stereocenters. The van der Waals surface area contributed by atoms with Crippen molar-refractivity contribution in [3.05, 3.63) is 76.5 Å². The fourth-order valence-electron chi connectivity index (χ4n) is 7.79. The first-order chi connectivity index (χ1) is 22.6. The number of aromatic hydroxyl groups is 1. The van der Waals surface area contributed by atoms with Crippen molar-refractivity contribution < 1.29 is 37.5 Å². The molecule has 3 fully saturated rings. The molecule has 1 N–H and O–H groups in total. The van der Waals surface area contributed by atoms with Crippen LogP contribution in [-0.2, 0) is 25.4 Å². The molecule has 6 unspecified atom stereocenters. The van der Waals surface area contributed by atoms with E-state index in [9.17, 15) is 37.5 Å². The quantitative estimate of drug-likeness (QED) is 0.142. The number of likely N-dealkylation sites (tertiary alicyclic amines) is 1. The molecule has 2 saturated heterocycles. The van der Waals surface area contributed by atoms with Crippen LogP contribution in [0.1, 0.15) is 30.0 Å². The van der Waals surface area contributed by atoms with Crippen LogP contribution in [0, 0.1) is 17.8 Å². The minimum absolute atomic E-state index is 0.00738. The van der Waals surface area contributed by atoms with Crippen molar-refractivity contribution in [3.63, 3.8) is 0 Å². The average Bonchev–Trinajstić information content (AvgIpc) is 3.38. The molecule has 0 spiro atoms. The summed E-state index contributed by atoms with van der Waals surface area (Å²) >= 11 is 23.9. The van der Waals surface area contributed by atoms with Crippen LogP contribution >= 0.6 is 50.7 Å². The molecule has 1 aromatic heterocycles. The SMILES string of the molecule is CN(c1nc(C(F)(F)F)ccc1Cl)N1C(=O)C2CC=C3C(CC4(Cl)C(=O)N(CBr)C(=O)C4(Cl)C3c3ccc4ccccc4c3O)C2C1=O. The van der Waals surface area contributed by atoms with Gasteiger partial charge in [-0.25, -0.2) is 4.98 Å². The largest absolute Gasteiger partial charge is 0.507 e. The number of anilines is 1. The number of fused-ring (bicyclic) bond motifs is 5. The van der Waals surface area contributed by atoms with Crippen LogP contribution in [0.25, 0.3) is 10.8 Å². The highest BCUT2D eigenvalue weighted by Crippen LogP contribution is 2.66. The second kappa shape index (κ2) is 11.1. The predicted octanol–water partition coefficient (Wildman–Crippen LogP) is 6.38. The van der Waals surface area contributed by atoms with Gasteiger partial charge in [-0.15, -0.1) is 23.2 Å². The smallest absolute Gasteiger partial charge is 0.433 e. The summed E-state index contributed by atoms with van der Waals surface area (Å²) in [7, 11) is 1.20. The van der Waals surface area contributed by atoms with E-state index in [0.29, 0.717) is 27.4 Å². The maximum atomic E-state index is 14.3. The van der Waals surface area contributed by atoms with Gasteiger partial charge < -0.3 is 5.11 Å². The number of alkyl halides is 6. The Labute approximate surface area is 294 Å². The van der Waals surface area contributed by atoms with E-state index in [1.54, 1.807) is 42.5 Å². The molecule has 9 nitrogen and oxygen atoms in total. The average molecular weight is 787 g/mol. The van der Waals surface area contributed by atoms with Crippen LogP contribution in [0.4, 0.5) is 19.0 Å². The van der Waals surface area contributed by atoms with Gasteiger partial charge in [0.25, 0.3) is 23.6 Å². The van der Waals surface area contributed by atoms with Crippen LogP contribution in [0.5, 0.6) is 5.75 Å². The number of nitrogens with zero attached hydrogens (tertiary/aromatic N) is 4. The fourth-order valence-corrected chi connectivity index (χ4v) is 9.44. The lowest BCUT2D eigenvalue weighted by molar-refractivity contribution is -0.142. The molecule has 1 saturated carbocycles. The number of rotatable bonds is 4. The first-order valence-electron chi connectivity index (χ1n) is 14.6. The van der Waals surface area contributed by atoms with E-state index < -0.39 is 74.7 Å². The molecule has 3 heterocycles. The van der Waals surface area contributed by atoms with Crippen molar-refractivity contribution in [2.45, 2.75) is 34.7 Å². The molecule has 0 radical (unpaired) electrons. The minimum atomic E-state index is -4.82. The number of benzene rings is 2. The maximum absolute atomic E-state index is 14.3. The number of phenols is 1. The molecule has 7 rings (SSSR count). The lowest BCUT2D eigenvalue weighted by Gasteiger charge is -2.50. The third kappa shape index (κ3) is 4.32. The second-order valence-corrected chi connectivity index (χ2v) is 14.4. The maximum Gasteiger partial charge on any atom is 0.433 e. The van der Waals surface area contributed by atoms with Gasteiger partial charge in [0.15, 0.2) is 15.6 Å². The zero-order valence-corrected chi connectivity index (χ0v) is 28.5. The summed E-state index contributed by atoms with van der Waals surface area (Å²) in [5.74, 6) is -8.05. The number of amides is 4. The Morgan fingerprint density at radius 1 is 1.02 bits per heavy atom. The van der Waals surface area contributed by atoms with Crippen molar-refractivity contribution in [1.82, 2.24) is 14.9 Å². The molecule has 48 heavy (non-hydrogen) atoms. The van der Waals surface area contributed by atoms with Crippen molar-refractivity contribution in [2.24, 2.45) is 17.8 Å². The molecule has 2 aromatic carbocycles. The van der Waals surface area contributed by atoms with Gasteiger partial charge in [-0.1, -0.05) is 75.6 Å². The third-order valence-corrected chi connectivity index (χ3v) is 12.2. The van der Waals surface area contributed by atoms with E-state index in [-0.39, 0.29) is 34.6 Å². The Hall–Kier alpha value is -3.39. The number of hydrogen-bond acceptors (Lipinski definition) is 7. The monoisotopic (exact) mass is 784 g/mol. The van der Waals surface area contributed by atoms with Crippen molar-refractivity contribution in [1.29, 1.82) is 0 Å². The van der Waals surface area contributed by atoms with E-state index in [4.69, 9.17) is 34.8 Å². The highest BCUT2D eigenvalue weighted by atomic mass is 79.9. The summed E-state index contributed by atoms with van der Waals surface area (Å²) in [6, 6.07) is 11.9. The van der Waals surface area contributed by atoms with E-state index in [0.717, 1.165) is 16.0 Å². The minimum Gasteiger partial charge on any atom is -0.507 e. The zero-order chi connectivity index (χ0) is 34.7. The van der Waals surface area contributed by atoms with E-state index in [1.807, 2.05) is 0 Å². The highest BCUT2D eigenvalue weighted by Gasteiger charge is 2.76. The molecular weight excluding hydrogens is 764 g/mol. The number of imide groups is 2. The lowest BCUT2D eigenvalue weighted by Crippen LogP contribution is -2.60. The molecule has 0 bridgehead atoms. The van der Waals surface area contributed by atoms with Gasteiger partial charge in [0, 0.05) is 23.9 Å². The summed E-state index contributed by atoms with van der Waals surface area (Å²) in [4.78, 5) is 56.3. The van der Waals surface area contributed by atoms with E-state index in [2.05, 4.69) is 20.9 Å². The number of carbonyl (C=O) groups excluding carboxylic acids is 4. The molecule has 4 aliphatic rings. The van der Waals surface area contributed by atoms with Crippen molar-refractivity contribution in [2.75, 3.05) is 17.5 Å². The van der Waals surface area contributed by atoms with Crippen LogP contribution < -0.4 is 5.01 Å². The van der Waals surface area contributed by atoms with Crippen LogP contribution in [0.2, 0.25) is 5.02 Å². The molecule has 2 aliphatic heterocycles. The van der Waals surface area contributed by atoms with E-state index >= 15 is 0 Å². The topological polar surface area (TPSA) is 111 Å². The number of allylic oxidation sites excluding steroid dienone is 2. The summed E-state index contributed by atoms with van der Waals surface area (Å²) in [5.41, 5.74) is -0.860. The van der Waals surface area contributed by atoms with Crippen molar-refractivity contribution >= 4 is 91.0 Å². The molecule has 4 amide bonds. The lowest BCUT2D eigenvalue weighted by atomic mass is 9.56. The predicted molar refractivity (Wildman–Crippen MR) is 173 cm³/mol. The van der Waals surface area contributed by atoms with Crippen LogP contribution in [0.3, 0.4) is 0 Å². The Morgan fingerprint density at radius 3 is 2.42 bits per heavy atom. The van der Waals surface area contributed by atoms with Gasteiger partial charge in [-0.3, -0.25) is 29.1 Å². The number of phenolic OH excluding ortho intramolecular Hbond substituents is 1. The molecule has 3 aromatic rings. The third-order valence-electron chi connectivity index (χ3n) is 9.96. The molecule has 2 aliphatic carbocycles. The highest BCUT2D eigenvalue weighted by molar-refractivity contribution is 9.09. The summed E-state index contributed by atoms with van der Waals surface area (Å²) in [6.07, 6.45) is -3.46. The Bertz CT molecular complexity index is 2000. The van der Waals surface area contributed by atoms with Crippen molar-refractivity contribution in [3.8, 4) is 5.75 Å². The summed E-state index contributed by atoms with van der Waals surface area (Å²) < 4.78 is 40.6. The van der Waals surface area contributed by atoms with Gasteiger partial charge in [0.05, 0.1) is 22.3 Å². The number of hydrogen-bond donors (Lipinski definition) is 1. The second-order valence-electron chi connectivity index (χ2n) is 12.2. The number of aromatic nitrogens is 1. The van der Waals surface area contributed by atoms with Gasteiger partial charge in [-0.05, 0) is 36.3 Å². The standard InChI is InChI=1S/C32H23BrCl3F3N4O5/c1-41(25-20(34)10-11-21(40-25)32(37,38)39)43-26(45)17-9-8-16-19(22(17)27(43)46)12-30(35)28(47)42(13-33)29(48)31(30,36)23(16)18-7-6-14-4-2-3-5-15(14)24(18)44/h2-8,10-11,17,19,22-23,44H,9,12-13H2,1H3. The number of carbonyl (C=O) groups is 4. The molecule has 250 valence electrons. The first-order valence-corrected chi connectivity index (χ1v) is 16.9. The molecule has 16 heteroatoms. The van der Waals surface area contributed by atoms with Gasteiger partial charge in [0.1, 0.15) is 11.4 Å². The van der Waals surface area contributed by atoms with Crippen LogP contribution in [-0.4, -0.2) is 65.9 Å².